The molecule has 1 saturated heterocycles. The second kappa shape index (κ2) is 7.24. The van der Waals surface area contributed by atoms with E-state index in [1.807, 2.05) is 19.1 Å². The van der Waals surface area contributed by atoms with Crippen molar-refractivity contribution in [1.29, 1.82) is 0 Å². The molecule has 2 aliphatic heterocycles. The maximum Gasteiger partial charge on any atom is 0.227 e. The molecule has 2 aliphatic rings. The van der Waals surface area contributed by atoms with Crippen molar-refractivity contribution in [2.24, 2.45) is 5.92 Å². The van der Waals surface area contributed by atoms with E-state index >= 15 is 0 Å². The molecular formula is C21H21ClN2O3. The lowest BCUT2D eigenvalue weighted by molar-refractivity contribution is -0.127. The Hall–Kier alpha value is -2.53. The third-order valence-electron chi connectivity index (χ3n) is 5.16. The third kappa shape index (κ3) is 3.65. The van der Waals surface area contributed by atoms with Crippen molar-refractivity contribution in [1.82, 2.24) is 5.32 Å². The summed E-state index contributed by atoms with van der Waals surface area (Å²) in [5.41, 5.74) is 2.91. The summed E-state index contributed by atoms with van der Waals surface area (Å²) in [4.78, 5) is 26.9. The number of fused-ring (bicyclic) bond motifs is 1. The van der Waals surface area contributed by atoms with E-state index < -0.39 is 0 Å². The number of ether oxygens (including phenoxy) is 1. The Morgan fingerprint density at radius 2 is 2.00 bits per heavy atom. The van der Waals surface area contributed by atoms with Gasteiger partial charge in [-0.05, 0) is 37.3 Å². The molecule has 2 aromatic rings. The van der Waals surface area contributed by atoms with Crippen LogP contribution in [0.15, 0.2) is 42.5 Å². The number of halogens is 1. The molecule has 0 radical (unpaired) electrons. The maximum absolute atomic E-state index is 12.8. The molecule has 6 heteroatoms. The predicted molar refractivity (Wildman–Crippen MR) is 104 cm³/mol. The van der Waals surface area contributed by atoms with Gasteiger partial charge in [0.2, 0.25) is 11.8 Å². The summed E-state index contributed by atoms with van der Waals surface area (Å²) >= 11 is 5.92. The van der Waals surface area contributed by atoms with E-state index in [1.54, 1.807) is 29.2 Å². The molecule has 2 amide bonds. The normalized spacial score (nSPS) is 21.6. The van der Waals surface area contributed by atoms with E-state index in [2.05, 4.69) is 11.4 Å². The molecule has 2 atom stereocenters. The first-order valence-electron chi connectivity index (χ1n) is 9.11. The highest BCUT2D eigenvalue weighted by atomic mass is 35.5. The molecule has 140 valence electrons. The van der Waals surface area contributed by atoms with Crippen LogP contribution >= 0.6 is 11.6 Å². The molecule has 2 unspecified atom stereocenters. The minimum Gasteiger partial charge on any atom is -0.493 e. The Balaban J connectivity index is 1.46. The number of nitrogens with one attached hydrogen (secondary N) is 1. The lowest BCUT2D eigenvalue weighted by Gasteiger charge is -2.28. The lowest BCUT2D eigenvalue weighted by atomic mass is 9.97. The number of benzene rings is 2. The molecule has 5 nitrogen and oxygen atoms in total. The van der Waals surface area contributed by atoms with E-state index in [4.69, 9.17) is 16.3 Å². The molecule has 1 fully saturated rings. The average molecular weight is 385 g/mol. The maximum atomic E-state index is 12.8. The van der Waals surface area contributed by atoms with Crippen LogP contribution in [0.5, 0.6) is 5.75 Å². The number of amides is 2. The van der Waals surface area contributed by atoms with Crippen LogP contribution in [0.25, 0.3) is 0 Å². The fraction of sp³-hybridized carbons (Fsp3) is 0.333. The van der Waals surface area contributed by atoms with Gasteiger partial charge in [0.15, 0.2) is 0 Å². The first-order chi connectivity index (χ1) is 13.0. The first-order valence-corrected chi connectivity index (χ1v) is 9.49. The van der Waals surface area contributed by atoms with Crippen molar-refractivity contribution in [2.45, 2.75) is 25.8 Å². The standard InChI is InChI=1S/C21H21ClN2O3/c1-13-2-7-19-17(10-13)18(8-9-27-19)23-21(26)14-11-20(25)24(12-14)16-5-3-15(22)4-6-16/h2-7,10,14,18H,8-9,11-12H2,1H3,(H,23,26). The van der Waals surface area contributed by atoms with Gasteiger partial charge < -0.3 is 15.0 Å². The third-order valence-corrected chi connectivity index (χ3v) is 5.41. The van der Waals surface area contributed by atoms with Gasteiger partial charge in [0, 0.05) is 35.7 Å². The number of nitrogens with zero attached hydrogens (tertiary/aromatic N) is 1. The summed E-state index contributed by atoms with van der Waals surface area (Å²) in [5.74, 6) is 0.339. The number of aryl methyl sites for hydroxylation is 1. The SMILES string of the molecule is Cc1ccc2c(c1)C(NC(=O)C1CC(=O)N(c3ccc(Cl)cc3)C1)CCO2. The van der Waals surface area contributed by atoms with Gasteiger partial charge in [0.25, 0.3) is 0 Å². The Morgan fingerprint density at radius 1 is 1.22 bits per heavy atom. The molecule has 27 heavy (non-hydrogen) atoms. The number of carbonyl (C=O) groups is 2. The lowest BCUT2D eigenvalue weighted by Crippen LogP contribution is -2.37. The summed E-state index contributed by atoms with van der Waals surface area (Å²) in [5, 5.41) is 3.75. The molecule has 4 rings (SSSR count). The van der Waals surface area contributed by atoms with Gasteiger partial charge in [-0.1, -0.05) is 29.3 Å². The van der Waals surface area contributed by atoms with Crippen LogP contribution < -0.4 is 15.0 Å². The molecule has 2 heterocycles. The zero-order chi connectivity index (χ0) is 19.0. The quantitative estimate of drug-likeness (QED) is 0.878. The summed E-state index contributed by atoms with van der Waals surface area (Å²) in [7, 11) is 0. The van der Waals surface area contributed by atoms with Crippen molar-refractivity contribution in [3.8, 4) is 5.75 Å². The molecule has 1 N–H and O–H groups in total. The summed E-state index contributed by atoms with van der Waals surface area (Å²) in [6.07, 6.45) is 0.947. The zero-order valence-electron chi connectivity index (χ0n) is 15.1. The van der Waals surface area contributed by atoms with Crippen LogP contribution in [0.3, 0.4) is 0 Å². The second-order valence-electron chi connectivity index (χ2n) is 7.12. The zero-order valence-corrected chi connectivity index (χ0v) is 15.8. The number of rotatable bonds is 3. The summed E-state index contributed by atoms with van der Waals surface area (Å²) in [6.45, 7) is 2.98. The molecule has 0 aromatic heterocycles. The smallest absolute Gasteiger partial charge is 0.227 e. The minimum atomic E-state index is -0.357. The van der Waals surface area contributed by atoms with E-state index in [0.717, 1.165) is 29.0 Å². The van der Waals surface area contributed by atoms with Gasteiger partial charge in [-0.3, -0.25) is 9.59 Å². The number of carbonyl (C=O) groups excluding carboxylic acids is 2. The van der Waals surface area contributed by atoms with Gasteiger partial charge >= 0.3 is 0 Å². The van der Waals surface area contributed by atoms with Crippen molar-refractivity contribution in [3.63, 3.8) is 0 Å². The largest absolute Gasteiger partial charge is 0.493 e. The van der Waals surface area contributed by atoms with Crippen LogP contribution in [-0.4, -0.2) is 25.0 Å². The molecule has 0 aliphatic carbocycles. The van der Waals surface area contributed by atoms with Gasteiger partial charge in [0.05, 0.1) is 18.6 Å². The number of anilines is 1. The topological polar surface area (TPSA) is 58.6 Å². The van der Waals surface area contributed by atoms with Crippen molar-refractivity contribution in [3.05, 3.63) is 58.6 Å². The van der Waals surface area contributed by atoms with Crippen molar-refractivity contribution < 1.29 is 14.3 Å². The monoisotopic (exact) mass is 384 g/mol. The summed E-state index contributed by atoms with van der Waals surface area (Å²) < 4.78 is 5.69. The Morgan fingerprint density at radius 3 is 2.78 bits per heavy atom. The van der Waals surface area contributed by atoms with Crippen LogP contribution in [0.2, 0.25) is 5.02 Å². The minimum absolute atomic E-state index is 0.0410. The number of hydrogen-bond acceptors (Lipinski definition) is 3. The van der Waals surface area contributed by atoms with E-state index in [-0.39, 0.29) is 30.2 Å². The fourth-order valence-corrected chi connectivity index (χ4v) is 3.83. The predicted octanol–water partition coefficient (Wildman–Crippen LogP) is 3.64. The van der Waals surface area contributed by atoms with E-state index in [0.29, 0.717) is 18.2 Å². The first kappa shape index (κ1) is 17.9. The Bertz CT molecular complexity index is 881. The molecule has 2 aromatic carbocycles. The Kier molecular flexibility index (Phi) is 4.79. The molecular weight excluding hydrogens is 364 g/mol. The highest BCUT2D eigenvalue weighted by molar-refractivity contribution is 6.30. The Labute approximate surface area is 163 Å². The van der Waals surface area contributed by atoms with Crippen molar-refractivity contribution in [2.75, 3.05) is 18.1 Å². The molecule has 0 bridgehead atoms. The van der Waals surface area contributed by atoms with Crippen LogP contribution in [0.4, 0.5) is 5.69 Å². The van der Waals surface area contributed by atoms with Crippen LogP contribution in [-0.2, 0) is 9.59 Å². The van der Waals surface area contributed by atoms with Crippen LogP contribution in [0, 0.1) is 12.8 Å². The van der Waals surface area contributed by atoms with Gasteiger partial charge in [-0.15, -0.1) is 0 Å². The van der Waals surface area contributed by atoms with E-state index in [9.17, 15) is 9.59 Å². The van der Waals surface area contributed by atoms with Crippen LogP contribution in [0.1, 0.15) is 30.0 Å². The second-order valence-corrected chi connectivity index (χ2v) is 7.56. The van der Waals surface area contributed by atoms with E-state index in [1.165, 1.54) is 0 Å². The molecule has 0 spiro atoms. The fourth-order valence-electron chi connectivity index (χ4n) is 3.71. The average Bonchev–Trinajstić information content (AvgIpc) is 3.05. The highest BCUT2D eigenvalue weighted by Gasteiger charge is 2.36. The summed E-state index contributed by atoms with van der Waals surface area (Å²) in [6, 6.07) is 13.0. The molecule has 0 saturated carbocycles. The van der Waals surface area contributed by atoms with Gasteiger partial charge in [-0.25, -0.2) is 0 Å². The van der Waals surface area contributed by atoms with Crippen molar-refractivity contribution >= 4 is 29.1 Å². The number of hydrogen-bond donors (Lipinski definition) is 1. The van der Waals surface area contributed by atoms with Gasteiger partial charge in [0.1, 0.15) is 5.75 Å². The highest BCUT2D eigenvalue weighted by Crippen LogP contribution is 2.33. The van der Waals surface area contributed by atoms with Gasteiger partial charge in [-0.2, -0.15) is 0 Å².